The van der Waals surface area contributed by atoms with Crippen molar-refractivity contribution in [2.75, 3.05) is 0 Å². The lowest BCUT2D eigenvalue weighted by Gasteiger charge is -2.13. The van der Waals surface area contributed by atoms with Gasteiger partial charge in [0.05, 0.1) is 24.1 Å². The van der Waals surface area contributed by atoms with Crippen LogP contribution in [-0.2, 0) is 11.3 Å². The predicted octanol–water partition coefficient (Wildman–Crippen LogP) is 4.11. The summed E-state index contributed by atoms with van der Waals surface area (Å²) in [7, 11) is 0. The number of aromatic nitrogens is 1. The van der Waals surface area contributed by atoms with E-state index in [1.54, 1.807) is 0 Å². The molecule has 1 aromatic carbocycles. The number of rotatable bonds is 1. The van der Waals surface area contributed by atoms with Crippen LogP contribution in [0.3, 0.4) is 0 Å². The topological polar surface area (TPSA) is 14.2 Å². The number of nitrogens with zero attached hydrogens (tertiary/aromatic N) is 1. The second-order valence-corrected chi connectivity index (χ2v) is 4.72. The van der Waals surface area contributed by atoms with E-state index in [1.807, 2.05) is 12.1 Å². The van der Waals surface area contributed by atoms with Crippen molar-refractivity contribution in [2.24, 2.45) is 0 Å². The van der Waals surface area contributed by atoms with Crippen LogP contribution >= 0.6 is 11.6 Å². The van der Waals surface area contributed by atoms with Gasteiger partial charge in [-0.2, -0.15) is 0 Å². The second-order valence-electron chi connectivity index (χ2n) is 4.28. The first-order valence-electron chi connectivity index (χ1n) is 5.87. The SMILES string of the molecule is CCC1OCc2cc(Cl)ccc2-n2cccc21. The molecule has 0 saturated heterocycles. The van der Waals surface area contributed by atoms with Crippen LogP contribution in [-0.4, -0.2) is 4.57 Å². The van der Waals surface area contributed by atoms with E-state index >= 15 is 0 Å². The molecule has 0 bridgehead atoms. The highest BCUT2D eigenvalue weighted by atomic mass is 35.5. The van der Waals surface area contributed by atoms with Gasteiger partial charge in [-0.15, -0.1) is 0 Å². The van der Waals surface area contributed by atoms with E-state index in [1.165, 1.54) is 11.4 Å². The van der Waals surface area contributed by atoms with Crippen LogP contribution in [0.25, 0.3) is 5.69 Å². The number of hydrogen-bond donors (Lipinski definition) is 0. The molecule has 3 rings (SSSR count). The third kappa shape index (κ3) is 1.78. The Hall–Kier alpha value is -1.25. The van der Waals surface area contributed by atoms with Crippen LogP contribution in [0.4, 0.5) is 0 Å². The van der Waals surface area contributed by atoms with Gasteiger partial charge in [-0.25, -0.2) is 0 Å². The molecule has 2 nitrogen and oxygen atoms in total. The van der Waals surface area contributed by atoms with Gasteiger partial charge in [-0.05, 0) is 36.8 Å². The predicted molar refractivity (Wildman–Crippen MR) is 68.6 cm³/mol. The summed E-state index contributed by atoms with van der Waals surface area (Å²) in [6.45, 7) is 2.76. The second kappa shape index (κ2) is 4.21. The number of halogens is 1. The van der Waals surface area contributed by atoms with Crippen LogP contribution in [0.15, 0.2) is 36.5 Å². The van der Waals surface area contributed by atoms with E-state index in [2.05, 4.69) is 35.9 Å². The minimum absolute atomic E-state index is 0.163. The molecule has 0 saturated carbocycles. The van der Waals surface area contributed by atoms with Gasteiger partial charge >= 0.3 is 0 Å². The zero-order chi connectivity index (χ0) is 11.8. The van der Waals surface area contributed by atoms with E-state index in [0.29, 0.717) is 6.61 Å². The molecule has 0 N–H and O–H groups in total. The van der Waals surface area contributed by atoms with Crippen molar-refractivity contribution in [3.63, 3.8) is 0 Å². The van der Waals surface area contributed by atoms with Crippen molar-refractivity contribution >= 4 is 11.6 Å². The Morgan fingerprint density at radius 3 is 3.12 bits per heavy atom. The Morgan fingerprint density at radius 1 is 1.41 bits per heavy atom. The van der Waals surface area contributed by atoms with E-state index in [-0.39, 0.29) is 6.10 Å². The summed E-state index contributed by atoms with van der Waals surface area (Å²) in [5, 5.41) is 0.760. The number of fused-ring (bicyclic) bond motifs is 3. The Kier molecular flexibility index (Phi) is 2.69. The van der Waals surface area contributed by atoms with Crippen molar-refractivity contribution in [3.05, 3.63) is 52.8 Å². The highest BCUT2D eigenvalue weighted by Gasteiger charge is 2.20. The summed E-state index contributed by atoms with van der Waals surface area (Å²) >= 11 is 6.04. The van der Waals surface area contributed by atoms with E-state index < -0.39 is 0 Å². The van der Waals surface area contributed by atoms with Crippen LogP contribution in [0, 0.1) is 0 Å². The quantitative estimate of drug-likeness (QED) is 0.740. The van der Waals surface area contributed by atoms with Gasteiger partial charge in [0, 0.05) is 16.8 Å². The molecule has 1 aliphatic heterocycles. The summed E-state index contributed by atoms with van der Waals surface area (Å²) < 4.78 is 8.14. The molecule has 0 spiro atoms. The van der Waals surface area contributed by atoms with Gasteiger partial charge in [0.1, 0.15) is 0 Å². The Balaban J connectivity index is 2.19. The van der Waals surface area contributed by atoms with E-state index in [0.717, 1.165) is 17.0 Å². The lowest BCUT2D eigenvalue weighted by atomic mass is 10.2. The smallest absolute Gasteiger partial charge is 0.0980 e. The lowest BCUT2D eigenvalue weighted by molar-refractivity contribution is 0.0372. The molecule has 2 aromatic rings. The van der Waals surface area contributed by atoms with Crippen molar-refractivity contribution in [2.45, 2.75) is 26.1 Å². The molecule has 1 unspecified atom stereocenters. The summed E-state index contributed by atoms with van der Waals surface area (Å²) in [4.78, 5) is 0. The first-order valence-corrected chi connectivity index (χ1v) is 6.25. The molecular formula is C14H14ClNO. The maximum Gasteiger partial charge on any atom is 0.0980 e. The van der Waals surface area contributed by atoms with Crippen molar-refractivity contribution in [1.29, 1.82) is 0 Å². The summed E-state index contributed by atoms with van der Waals surface area (Å²) in [5.74, 6) is 0. The highest BCUT2D eigenvalue weighted by Crippen LogP contribution is 2.32. The number of hydrogen-bond acceptors (Lipinski definition) is 1. The number of benzene rings is 1. The molecule has 0 aliphatic carbocycles. The Bertz CT molecular complexity index is 547. The molecule has 0 radical (unpaired) electrons. The van der Waals surface area contributed by atoms with Crippen molar-refractivity contribution in [3.8, 4) is 5.69 Å². The zero-order valence-electron chi connectivity index (χ0n) is 9.69. The Morgan fingerprint density at radius 2 is 2.29 bits per heavy atom. The van der Waals surface area contributed by atoms with E-state index in [9.17, 15) is 0 Å². The average molecular weight is 248 g/mol. The fourth-order valence-electron chi connectivity index (χ4n) is 2.38. The fourth-order valence-corrected chi connectivity index (χ4v) is 2.58. The van der Waals surface area contributed by atoms with Gasteiger partial charge in [-0.3, -0.25) is 0 Å². The van der Waals surface area contributed by atoms with Crippen LogP contribution in [0.2, 0.25) is 5.02 Å². The highest BCUT2D eigenvalue weighted by molar-refractivity contribution is 6.30. The fraction of sp³-hybridized carbons (Fsp3) is 0.286. The largest absolute Gasteiger partial charge is 0.367 e. The lowest BCUT2D eigenvalue weighted by Crippen LogP contribution is -2.04. The van der Waals surface area contributed by atoms with Crippen LogP contribution in [0.1, 0.15) is 30.7 Å². The van der Waals surface area contributed by atoms with Gasteiger partial charge in [0.25, 0.3) is 0 Å². The molecule has 3 heteroatoms. The van der Waals surface area contributed by atoms with Crippen molar-refractivity contribution in [1.82, 2.24) is 4.57 Å². The third-order valence-electron chi connectivity index (χ3n) is 3.22. The number of ether oxygens (including phenoxy) is 1. The maximum absolute atomic E-state index is 6.04. The first kappa shape index (κ1) is 10.9. The van der Waals surface area contributed by atoms with Gasteiger partial charge < -0.3 is 9.30 Å². The molecule has 0 fully saturated rings. The first-order chi connectivity index (χ1) is 8.29. The summed E-state index contributed by atoms with van der Waals surface area (Å²) in [6.07, 6.45) is 3.22. The van der Waals surface area contributed by atoms with Gasteiger partial charge in [0.15, 0.2) is 0 Å². The molecule has 88 valence electrons. The zero-order valence-corrected chi connectivity index (χ0v) is 10.4. The minimum atomic E-state index is 0.163. The molecule has 2 heterocycles. The van der Waals surface area contributed by atoms with Crippen LogP contribution < -0.4 is 0 Å². The molecule has 1 atom stereocenters. The summed E-state index contributed by atoms with van der Waals surface area (Å²) in [5.41, 5.74) is 3.53. The van der Waals surface area contributed by atoms with Gasteiger partial charge in [-0.1, -0.05) is 18.5 Å². The normalized spacial score (nSPS) is 18.4. The monoisotopic (exact) mass is 247 g/mol. The third-order valence-corrected chi connectivity index (χ3v) is 3.46. The maximum atomic E-state index is 6.04. The van der Waals surface area contributed by atoms with Gasteiger partial charge in [0.2, 0.25) is 0 Å². The minimum Gasteiger partial charge on any atom is -0.367 e. The van der Waals surface area contributed by atoms with E-state index in [4.69, 9.17) is 16.3 Å². The molecule has 1 aromatic heterocycles. The molecule has 17 heavy (non-hydrogen) atoms. The molecular weight excluding hydrogens is 234 g/mol. The standard InChI is InChI=1S/C14H14ClNO/c1-2-14-13-4-3-7-16(13)12-6-5-11(15)8-10(12)9-17-14/h3-8,14H,2,9H2,1H3. The Labute approximate surface area is 106 Å². The molecule has 1 aliphatic rings. The molecule has 0 amide bonds. The average Bonchev–Trinajstić information content (AvgIpc) is 2.74. The van der Waals surface area contributed by atoms with Crippen LogP contribution in [0.5, 0.6) is 0 Å². The van der Waals surface area contributed by atoms with Crippen molar-refractivity contribution < 1.29 is 4.74 Å². The summed E-state index contributed by atoms with van der Waals surface area (Å²) in [6, 6.07) is 10.2.